The van der Waals surface area contributed by atoms with Gasteiger partial charge < -0.3 is 15.7 Å². The zero-order chi connectivity index (χ0) is 16.1. The Hall–Kier alpha value is -2.25. The minimum atomic E-state index is -0.967. The molecule has 2 atom stereocenters. The van der Waals surface area contributed by atoms with Gasteiger partial charge in [0.15, 0.2) is 0 Å². The molecule has 0 radical (unpaired) electrons. The molecule has 1 heterocycles. The van der Waals surface area contributed by atoms with Crippen LogP contribution in [0.5, 0.6) is 0 Å². The molecule has 0 spiro atoms. The van der Waals surface area contributed by atoms with Gasteiger partial charge in [0.1, 0.15) is 11.9 Å². The minimum Gasteiger partial charge on any atom is -0.387 e. The summed E-state index contributed by atoms with van der Waals surface area (Å²) in [6, 6.07) is 5.11. The van der Waals surface area contributed by atoms with Crippen LogP contribution in [0.25, 0.3) is 0 Å². The van der Waals surface area contributed by atoms with E-state index in [1.54, 1.807) is 37.2 Å². The van der Waals surface area contributed by atoms with Crippen molar-refractivity contribution >= 4 is 5.91 Å². The summed E-state index contributed by atoms with van der Waals surface area (Å²) in [5.41, 5.74) is 1.14. The van der Waals surface area contributed by atoms with Crippen LogP contribution >= 0.6 is 0 Å². The van der Waals surface area contributed by atoms with Crippen LogP contribution in [0.4, 0.5) is 4.39 Å². The molecule has 22 heavy (non-hydrogen) atoms. The molecule has 0 fully saturated rings. The highest BCUT2D eigenvalue weighted by Gasteiger charge is 2.21. The number of aryl methyl sites for hydroxylation is 1. The average molecular weight is 306 g/mol. The standard InChI is InChI=1S/C15H19FN4O2/c1-17-14(11-7-19-20(2)9-11)15(22)18-8-13(21)10-4-3-5-12(16)6-10/h3-7,9,13-14,17,21H,8H2,1-2H3,(H,18,22). The Labute approximate surface area is 128 Å². The van der Waals surface area contributed by atoms with Gasteiger partial charge in [-0.15, -0.1) is 0 Å². The number of hydrogen-bond acceptors (Lipinski definition) is 4. The number of hydrogen-bond donors (Lipinski definition) is 3. The Kier molecular flexibility index (Phi) is 5.24. The molecule has 0 saturated carbocycles. The summed E-state index contributed by atoms with van der Waals surface area (Å²) in [5, 5.41) is 19.6. The maximum atomic E-state index is 13.1. The van der Waals surface area contributed by atoms with Gasteiger partial charge >= 0.3 is 0 Å². The van der Waals surface area contributed by atoms with E-state index in [1.807, 2.05) is 0 Å². The molecule has 3 N–H and O–H groups in total. The summed E-state index contributed by atoms with van der Waals surface area (Å²) in [6.45, 7) is 0.000723. The topological polar surface area (TPSA) is 79.2 Å². The number of aliphatic hydroxyl groups excluding tert-OH is 1. The summed E-state index contributed by atoms with van der Waals surface area (Å²) in [6.07, 6.45) is 2.37. The van der Waals surface area contributed by atoms with Gasteiger partial charge in [0.25, 0.3) is 0 Å². The highest BCUT2D eigenvalue weighted by Crippen LogP contribution is 2.15. The van der Waals surface area contributed by atoms with Crippen molar-refractivity contribution in [2.45, 2.75) is 12.1 Å². The lowest BCUT2D eigenvalue weighted by molar-refractivity contribution is -0.123. The van der Waals surface area contributed by atoms with Gasteiger partial charge in [-0.2, -0.15) is 5.10 Å². The highest BCUT2D eigenvalue weighted by atomic mass is 19.1. The first kappa shape index (κ1) is 16.1. The van der Waals surface area contributed by atoms with Crippen molar-refractivity contribution in [2.24, 2.45) is 7.05 Å². The van der Waals surface area contributed by atoms with E-state index < -0.39 is 18.0 Å². The Morgan fingerprint density at radius 2 is 2.23 bits per heavy atom. The van der Waals surface area contributed by atoms with Crippen molar-refractivity contribution in [3.05, 3.63) is 53.6 Å². The van der Waals surface area contributed by atoms with Gasteiger partial charge in [0, 0.05) is 25.4 Å². The molecular formula is C15H19FN4O2. The summed E-state index contributed by atoms with van der Waals surface area (Å²) < 4.78 is 14.7. The molecule has 2 rings (SSSR count). The molecule has 1 aromatic carbocycles. The molecule has 118 valence electrons. The zero-order valence-electron chi connectivity index (χ0n) is 12.5. The molecule has 2 aromatic rings. The predicted molar refractivity (Wildman–Crippen MR) is 79.4 cm³/mol. The van der Waals surface area contributed by atoms with Crippen molar-refractivity contribution in [1.82, 2.24) is 20.4 Å². The predicted octanol–water partition coefficient (Wildman–Crippen LogP) is 0.669. The van der Waals surface area contributed by atoms with Crippen LogP contribution in [0.15, 0.2) is 36.7 Å². The first-order valence-electron chi connectivity index (χ1n) is 6.88. The largest absolute Gasteiger partial charge is 0.387 e. The van der Waals surface area contributed by atoms with Crippen LogP contribution in [0.3, 0.4) is 0 Å². The van der Waals surface area contributed by atoms with E-state index in [1.165, 1.54) is 18.2 Å². The highest BCUT2D eigenvalue weighted by molar-refractivity contribution is 5.83. The number of nitrogens with one attached hydrogen (secondary N) is 2. The molecular weight excluding hydrogens is 287 g/mol. The van der Waals surface area contributed by atoms with Gasteiger partial charge in [-0.05, 0) is 24.7 Å². The number of carbonyl (C=O) groups is 1. The van der Waals surface area contributed by atoms with Gasteiger partial charge in [-0.1, -0.05) is 12.1 Å². The lowest BCUT2D eigenvalue weighted by Crippen LogP contribution is -2.37. The molecule has 0 aliphatic heterocycles. The molecule has 0 saturated heterocycles. The van der Waals surface area contributed by atoms with Gasteiger partial charge in [-0.3, -0.25) is 9.48 Å². The summed E-state index contributed by atoms with van der Waals surface area (Å²) in [7, 11) is 3.43. The fraction of sp³-hybridized carbons (Fsp3) is 0.333. The summed E-state index contributed by atoms with van der Waals surface area (Å²) >= 11 is 0. The van der Waals surface area contributed by atoms with E-state index in [-0.39, 0.29) is 12.5 Å². The number of halogens is 1. The van der Waals surface area contributed by atoms with Crippen LogP contribution in [0, 0.1) is 5.82 Å². The maximum Gasteiger partial charge on any atom is 0.241 e. The number of aromatic nitrogens is 2. The normalized spacial score (nSPS) is 13.6. The average Bonchev–Trinajstić information content (AvgIpc) is 2.91. The fourth-order valence-electron chi connectivity index (χ4n) is 2.17. The number of rotatable bonds is 6. The summed E-state index contributed by atoms with van der Waals surface area (Å²) in [4.78, 5) is 12.2. The third-order valence-electron chi connectivity index (χ3n) is 3.31. The Bertz CT molecular complexity index is 644. The fourth-order valence-corrected chi connectivity index (χ4v) is 2.17. The summed E-state index contributed by atoms with van der Waals surface area (Å²) in [5.74, 6) is -0.711. The third kappa shape index (κ3) is 3.90. The van der Waals surface area contributed by atoms with Crippen LogP contribution in [0.2, 0.25) is 0 Å². The number of nitrogens with zero attached hydrogens (tertiary/aromatic N) is 2. The molecule has 1 aromatic heterocycles. The van der Waals surface area contributed by atoms with Crippen molar-refractivity contribution in [1.29, 1.82) is 0 Å². The molecule has 1 amide bonds. The van der Waals surface area contributed by atoms with Crippen molar-refractivity contribution in [3.63, 3.8) is 0 Å². The molecule has 2 unspecified atom stereocenters. The second-order valence-corrected chi connectivity index (χ2v) is 4.98. The Morgan fingerprint density at radius 1 is 1.45 bits per heavy atom. The monoisotopic (exact) mass is 306 g/mol. The van der Waals surface area contributed by atoms with Crippen LogP contribution < -0.4 is 10.6 Å². The van der Waals surface area contributed by atoms with Crippen molar-refractivity contribution in [3.8, 4) is 0 Å². The molecule has 0 bridgehead atoms. The quantitative estimate of drug-likeness (QED) is 0.733. The smallest absolute Gasteiger partial charge is 0.241 e. The van der Waals surface area contributed by atoms with E-state index in [2.05, 4.69) is 15.7 Å². The lowest BCUT2D eigenvalue weighted by Gasteiger charge is -2.17. The first-order chi connectivity index (χ1) is 10.5. The number of aliphatic hydroxyl groups is 1. The Balaban J connectivity index is 1.96. The molecule has 0 aliphatic rings. The number of likely N-dealkylation sites (N-methyl/N-ethyl adjacent to an activating group) is 1. The number of amides is 1. The second kappa shape index (κ2) is 7.15. The maximum absolute atomic E-state index is 13.1. The van der Waals surface area contributed by atoms with Gasteiger partial charge in [0.05, 0.1) is 12.3 Å². The molecule has 0 aliphatic carbocycles. The first-order valence-corrected chi connectivity index (χ1v) is 6.88. The van der Waals surface area contributed by atoms with Crippen molar-refractivity contribution < 1.29 is 14.3 Å². The molecule has 7 heteroatoms. The van der Waals surface area contributed by atoms with Gasteiger partial charge in [0.2, 0.25) is 5.91 Å². The van der Waals surface area contributed by atoms with E-state index >= 15 is 0 Å². The number of benzene rings is 1. The lowest BCUT2D eigenvalue weighted by atomic mass is 10.1. The minimum absolute atomic E-state index is 0.000723. The van der Waals surface area contributed by atoms with Crippen molar-refractivity contribution in [2.75, 3.05) is 13.6 Å². The van der Waals surface area contributed by atoms with E-state index in [9.17, 15) is 14.3 Å². The van der Waals surface area contributed by atoms with Gasteiger partial charge in [-0.25, -0.2) is 4.39 Å². The zero-order valence-corrected chi connectivity index (χ0v) is 12.5. The Morgan fingerprint density at radius 3 is 2.82 bits per heavy atom. The second-order valence-electron chi connectivity index (χ2n) is 4.98. The van der Waals surface area contributed by atoms with E-state index in [0.29, 0.717) is 5.56 Å². The molecule has 6 nitrogen and oxygen atoms in total. The number of carbonyl (C=O) groups excluding carboxylic acids is 1. The van der Waals surface area contributed by atoms with E-state index in [4.69, 9.17) is 0 Å². The van der Waals surface area contributed by atoms with E-state index in [0.717, 1.165) is 5.56 Å². The van der Waals surface area contributed by atoms with Crippen LogP contribution in [-0.2, 0) is 11.8 Å². The van der Waals surface area contributed by atoms with Crippen LogP contribution in [-0.4, -0.2) is 34.4 Å². The SMILES string of the molecule is CNC(C(=O)NCC(O)c1cccc(F)c1)c1cnn(C)c1. The third-order valence-corrected chi connectivity index (χ3v) is 3.31. The van der Waals surface area contributed by atoms with Crippen LogP contribution in [0.1, 0.15) is 23.3 Å².